The molecule has 1 fully saturated rings. The average molecular weight is 417 g/mol. The molecule has 0 aromatic carbocycles. The fourth-order valence-corrected chi connectivity index (χ4v) is 4.15. The van der Waals surface area contributed by atoms with Crippen molar-refractivity contribution in [2.45, 2.75) is 18.6 Å². The third-order valence-electron chi connectivity index (χ3n) is 4.81. The zero-order valence-electron chi connectivity index (χ0n) is 16.4. The number of rotatable bonds is 6. The molecule has 1 saturated heterocycles. The van der Waals surface area contributed by atoms with E-state index in [1.165, 1.54) is 4.57 Å². The minimum Gasteiger partial charge on any atom is -0.378 e. The van der Waals surface area contributed by atoms with Crippen LogP contribution < -0.4 is 16.1 Å². The molecule has 0 unspecified atom stereocenters. The van der Waals surface area contributed by atoms with E-state index in [-0.39, 0.29) is 5.92 Å². The predicted octanol–water partition coefficient (Wildman–Crippen LogP) is 0.478. The number of fused-ring (bicyclic) bond motifs is 1. The second kappa shape index (κ2) is 8.37. The monoisotopic (exact) mass is 417 g/mol. The maximum absolute atomic E-state index is 12.6. The zero-order valence-corrected chi connectivity index (χ0v) is 17.2. The maximum atomic E-state index is 12.6. The summed E-state index contributed by atoms with van der Waals surface area (Å²) >= 11 is 1.58. The van der Waals surface area contributed by atoms with E-state index in [4.69, 9.17) is 4.74 Å². The normalized spacial score (nSPS) is 15.7. The highest BCUT2D eigenvalue weighted by molar-refractivity contribution is 7.99. The number of nitrogens with zero attached hydrogens (tertiary/aromatic N) is 6. The van der Waals surface area contributed by atoms with Crippen LogP contribution in [0.2, 0.25) is 0 Å². The van der Waals surface area contributed by atoms with Crippen LogP contribution >= 0.6 is 11.8 Å². The summed E-state index contributed by atoms with van der Waals surface area (Å²) in [6.45, 7) is 5.29. The molecule has 0 bridgehead atoms. The summed E-state index contributed by atoms with van der Waals surface area (Å²) in [7, 11) is 1.62. The van der Waals surface area contributed by atoms with Gasteiger partial charge >= 0.3 is 5.69 Å². The Bertz CT molecular complexity index is 1100. The lowest BCUT2D eigenvalue weighted by molar-refractivity contribution is 0.121. The molecule has 1 N–H and O–H groups in total. The van der Waals surface area contributed by atoms with E-state index < -0.39 is 11.2 Å². The molecule has 0 saturated carbocycles. The number of anilines is 1. The van der Waals surface area contributed by atoms with E-state index >= 15 is 0 Å². The van der Waals surface area contributed by atoms with Crippen LogP contribution in [-0.4, -0.2) is 61.1 Å². The quantitative estimate of drug-likeness (QED) is 0.455. The van der Waals surface area contributed by atoms with Crippen molar-refractivity contribution in [2.24, 2.45) is 13.0 Å². The van der Waals surface area contributed by atoms with Gasteiger partial charge in [0.2, 0.25) is 5.95 Å². The van der Waals surface area contributed by atoms with Gasteiger partial charge in [-0.2, -0.15) is 4.98 Å². The van der Waals surface area contributed by atoms with Crippen LogP contribution in [0.15, 0.2) is 33.2 Å². The fraction of sp³-hybridized carbons (Fsp3) is 0.500. The number of morpholine rings is 1. The molecule has 1 aliphatic heterocycles. The van der Waals surface area contributed by atoms with Crippen LogP contribution in [0.5, 0.6) is 0 Å². The van der Waals surface area contributed by atoms with Gasteiger partial charge in [-0.1, -0.05) is 18.7 Å². The topological polar surface area (TPSA) is 111 Å². The lowest BCUT2D eigenvalue weighted by Gasteiger charge is -2.28. The maximum Gasteiger partial charge on any atom is 0.329 e. The molecule has 1 aliphatic rings. The first-order chi connectivity index (χ1) is 14.0. The molecule has 0 spiro atoms. The summed E-state index contributed by atoms with van der Waals surface area (Å²) in [6, 6.07) is 1.79. The third kappa shape index (κ3) is 4.06. The molecule has 154 valence electrons. The van der Waals surface area contributed by atoms with Crippen molar-refractivity contribution in [2.75, 3.05) is 37.0 Å². The highest BCUT2D eigenvalue weighted by Gasteiger charge is 2.24. The minimum absolute atomic E-state index is 0.220. The summed E-state index contributed by atoms with van der Waals surface area (Å²) in [6.07, 6.45) is 3.44. The fourth-order valence-electron chi connectivity index (χ4n) is 3.34. The number of nitrogens with one attached hydrogen (secondary N) is 1. The van der Waals surface area contributed by atoms with E-state index in [0.29, 0.717) is 50.0 Å². The van der Waals surface area contributed by atoms with Crippen molar-refractivity contribution in [3.8, 4) is 0 Å². The van der Waals surface area contributed by atoms with Crippen molar-refractivity contribution >= 4 is 28.9 Å². The van der Waals surface area contributed by atoms with Gasteiger partial charge in [0.25, 0.3) is 5.56 Å². The highest BCUT2D eigenvalue weighted by Crippen LogP contribution is 2.24. The number of hydrogen-bond donors (Lipinski definition) is 1. The second-order valence-electron chi connectivity index (χ2n) is 7.06. The van der Waals surface area contributed by atoms with Gasteiger partial charge in [0.05, 0.1) is 13.2 Å². The first-order valence-corrected chi connectivity index (χ1v) is 10.4. The molecule has 0 amide bonds. The van der Waals surface area contributed by atoms with Crippen LogP contribution in [0.25, 0.3) is 11.2 Å². The smallest absolute Gasteiger partial charge is 0.329 e. The van der Waals surface area contributed by atoms with Crippen LogP contribution in [0.3, 0.4) is 0 Å². The Kier molecular flexibility index (Phi) is 5.67. The molecule has 0 radical (unpaired) electrons. The first kappa shape index (κ1) is 19.6. The lowest BCUT2D eigenvalue weighted by Crippen LogP contribution is -2.38. The van der Waals surface area contributed by atoms with Crippen molar-refractivity contribution < 1.29 is 4.74 Å². The summed E-state index contributed by atoms with van der Waals surface area (Å²) in [5.74, 6) is 1.70. The van der Waals surface area contributed by atoms with Crippen molar-refractivity contribution in [1.82, 2.24) is 29.1 Å². The molecule has 1 atom stereocenters. The molecular weight excluding hydrogens is 394 g/mol. The first-order valence-electron chi connectivity index (χ1n) is 9.46. The van der Waals surface area contributed by atoms with Gasteiger partial charge in [0.15, 0.2) is 16.3 Å². The van der Waals surface area contributed by atoms with Gasteiger partial charge in [-0.05, 0) is 12.0 Å². The molecule has 10 nitrogen and oxygen atoms in total. The molecule has 4 heterocycles. The number of aryl methyl sites for hydroxylation is 1. The van der Waals surface area contributed by atoms with Crippen molar-refractivity contribution in [3.05, 3.63) is 39.3 Å². The largest absolute Gasteiger partial charge is 0.378 e. The Labute approximate surface area is 170 Å². The van der Waals surface area contributed by atoms with E-state index in [1.807, 2.05) is 4.57 Å². The predicted molar refractivity (Wildman–Crippen MR) is 111 cm³/mol. The van der Waals surface area contributed by atoms with Gasteiger partial charge in [0.1, 0.15) is 0 Å². The number of aromatic amines is 1. The number of H-pyrrole nitrogens is 1. The zero-order chi connectivity index (χ0) is 20.4. The Hall–Kier alpha value is -2.66. The SMILES string of the molecule is C[C@@H](CSc1ncccn1)Cn1c(N2CCOCC2)nc2c1c(=O)[nH]c(=O)n2C. The number of ether oxygens (including phenoxy) is 1. The van der Waals surface area contributed by atoms with Gasteiger partial charge in [-0.3, -0.25) is 14.3 Å². The summed E-state index contributed by atoms with van der Waals surface area (Å²) < 4.78 is 8.76. The van der Waals surface area contributed by atoms with E-state index in [2.05, 4.69) is 31.8 Å². The number of aromatic nitrogens is 6. The molecular formula is C18H23N7O3S. The van der Waals surface area contributed by atoms with Crippen LogP contribution in [-0.2, 0) is 18.3 Å². The van der Waals surface area contributed by atoms with Crippen molar-refractivity contribution in [1.29, 1.82) is 0 Å². The van der Waals surface area contributed by atoms with E-state index in [0.717, 1.165) is 10.9 Å². The standard InChI is InChI=1S/C18H23N7O3S/c1-12(11-29-16-19-4-3-5-20-16)10-25-13-14(23(2)18(27)22-15(13)26)21-17(25)24-6-8-28-9-7-24/h3-5,12H,6-11H2,1-2H3,(H,22,26,27)/t12-/m1/s1. The highest BCUT2D eigenvalue weighted by atomic mass is 32.2. The van der Waals surface area contributed by atoms with E-state index in [9.17, 15) is 9.59 Å². The van der Waals surface area contributed by atoms with E-state index in [1.54, 1.807) is 37.3 Å². The van der Waals surface area contributed by atoms with Crippen LogP contribution in [0.4, 0.5) is 5.95 Å². The van der Waals surface area contributed by atoms with Crippen LogP contribution in [0.1, 0.15) is 6.92 Å². The molecule has 0 aliphatic carbocycles. The summed E-state index contributed by atoms with van der Waals surface area (Å²) in [5, 5.41) is 0.725. The average Bonchev–Trinajstić information content (AvgIpc) is 3.12. The molecule has 11 heteroatoms. The Morgan fingerprint density at radius 2 is 1.97 bits per heavy atom. The van der Waals surface area contributed by atoms with Gasteiger partial charge < -0.3 is 14.2 Å². The number of imidazole rings is 1. The van der Waals surface area contributed by atoms with Gasteiger partial charge in [-0.25, -0.2) is 14.8 Å². The molecule has 3 aromatic heterocycles. The van der Waals surface area contributed by atoms with Gasteiger partial charge in [0, 0.05) is 44.8 Å². The van der Waals surface area contributed by atoms with Gasteiger partial charge in [-0.15, -0.1) is 0 Å². The number of hydrogen-bond acceptors (Lipinski definition) is 8. The van der Waals surface area contributed by atoms with Crippen LogP contribution in [0, 0.1) is 5.92 Å². The molecule has 29 heavy (non-hydrogen) atoms. The number of thioether (sulfide) groups is 1. The summed E-state index contributed by atoms with van der Waals surface area (Å²) in [5.41, 5.74) is -0.0697. The molecule has 3 aromatic rings. The minimum atomic E-state index is -0.467. The Morgan fingerprint density at radius 1 is 1.24 bits per heavy atom. The Morgan fingerprint density at radius 3 is 2.69 bits per heavy atom. The van der Waals surface area contributed by atoms with Crippen molar-refractivity contribution in [3.63, 3.8) is 0 Å². The lowest BCUT2D eigenvalue weighted by atomic mass is 10.2. The summed E-state index contributed by atoms with van der Waals surface area (Å²) in [4.78, 5) is 42.3. The Balaban J connectivity index is 1.68. The second-order valence-corrected chi connectivity index (χ2v) is 8.05. The molecule has 4 rings (SSSR count). The third-order valence-corrected chi connectivity index (χ3v) is 6.02.